The number of carboxylic acid groups (broad SMARTS) is 1. The van der Waals surface area contributed by atoms with Crippen LogP contribution in [0.3, 0.4) is 0 Å². The molecular formula is C20H21N6NaO5S2. The Labute approximate surface area is 225 Å². The number of aromatic nitrogens is 4. The van der Waals surface area contributed by atoms with Gasteiger partial charge in [-0.2, -0.15) is 0 Å². The van der Waals surface area contributed by atoms with Crippen LogP contribution in [0.25, 0.3) is 0 Å². The van der Waals surface area contributed by atoms with Crippen molar-refractivity contribution in [2.75, 3.05) is 18.1 Å². The maximum absolute atomic E-state index is 12.8. The molecule has 0 spiro atoms. The summed E-state index contributed by atoms with van der Waals surface area (Å²) in [5, 5.41) is 23.9. The van der Waals surface area contributed by atoms with Crippen LogP contribution in [-0.2, 0) is 34.3 Å². The van der Waals surface area contributed by atoms with E-state index < -0.39 is 23.3 Å². The SMILES string of the molecule is Cn1nnnc1SCC1=C(C(=O)O)N2C(=O)C(NC(=O)Cc3ccc4c(c3)CCO4)C2SC1.[NaH]. The number of β-lactam (4-membered cyclic amide) rings is 1. The third kappa shape index (κ3) is 4.71. The summed E-state index contributed by atoms with van der Waals surface area (Å²) in [6.07, 6.45) is 0.960. The van der Waals surface area contributed by atoms with Crippen molar-refractivity contribution < 1.29 is 24.2 Å². The van der Waals surface area contributed by atoms with Crippen molar-refractivity contribution in [1.82, 2.24) is 30.4 Å². The molecule has 0 bridgehead atoms. The molecule has 2 amide bonds. The summed E-state index contributed by atoms with van der Waals surface area (Å²) in [6, 6.07) is 4.91. The van der Waals surface area contributed by atoms with E-state index in [1.807, 2.05) is 18.2 Å². The van der Waals surface area contributed by atoms with E-state index in [0.29, 0.717) is 28.8 Å². The zero-order chi connectivity index (χ0) is 23.1. The van der Waals surface area contributed by atoms with Crippen molar-refractivity contribution >= 4 is 70.9 Å². The van der Waals surface area contributed by atoms with Crippen LogP contribution >= 0.6 is 23.5 Å². The fraction of sp³-hybridized carbons (Fsp3) is 0.400. The summed E-state index contributed by atoms with van der Waals surface area (Å²) >= 11 is 2.75. The molecule has 3 aliphatic heterocycles. The van der Waals surface area contributed by atoms with Gasteiger partial charge in [-0.1, -0.05) is 23.9 Å². The molecule has 0 aliphatic carbocycles. The second kappa shape index (κ2) is 10.3. The van der Waals surface area contributed by atoms with Crippen LogP contribution in [0.1, 0.15) is 11.1 Å². The molecule has 174 valence electrons. The Morgan fingerprint density at radius 3 is 2.94 bits per heavy atom. The fourth-order valence-electron chi connectivity index (χ4n) is 4.05. The number of carbonyl (C=O) groups excluding carboxylic acids is 2. The van der Waals surface area contributed by atoms with Crippen LogP contribution in [0.4, 0.5) is 0 Å². The number of nitrogens with one attached hydrogen (secondary N) is 1. The molecule has 14 heteroatoms. The molecular weight excluding hydrogens is 491 g/mol. The number of hydrogen-bond acceptors (Lipinski definition) is 9. The van der Waals surface area contributed by atoms with Crippen molar-refractivity contribution in [1.29, 1.82) is 0 Å². The molecule has 2 aromatic rings. The van der Waals surface area contributed by atoms with E-state index in [2.05, 4.69) is 20.8 Å². The average Bonchev–Trinajstić information content (AvgIpc) is 3.43. The predicted octanol–water partition coefficient (Wildman–Crippen LogP) is -0.430. The van der Waals surface area contributed by atoms with E-state index in [4.69, 9.17) is 4.74 Å². The van der Waals surface area contributed by atoms with E-state index in [1.165, 1.54) is 33.1 Å². The van der Waals surface area contributed by atoms with E-state index >= 15 is 0 Å². The van der Waals surface area contributed by atoms with Crippen LogP contribution in [0.5, 0.6) is 5.75 Å². The van der Waals surface area contributed by atoms with Crippen molar-refractivity contribution in [3.05, 3.63) is 40.6 Å². The summed E-state index contributed by atoms with van der Waals surface area (Å²) in [5.74, 6) is -0.220. The van der Waals surface area contributed by atoms with Crippen molar-refractivity contribution in [3.8, 4) is 5.75 Å². The van der Waals surface area contributed by atoms with Gasteiger partial charge in [0.2, 0.25) is 11.1 Å². The van der Waals surface area contributed by atoms with E-state index in [0.717, 1.165) is 23.3 Å². The van der Waals surface area contributed by atoms with Gasteiger partial charge in [0.05, 0.1) is 13.0 Å². The number of hydrogen-bond donors (Lipinski definition) is 2. The predicted molar refractivity (Wildman–Crippen MR) is 126 cm³/mol. The van der Waals surface area contributed by atoms with Crippen LogP contribution in [0.15, 0.2) is 34.6 Å². The molecule has 4 heterocycles. The molecule has 2 atom stereocenters. The number of carbonyl (C=O) groups is 3. The maximum atomic E-state index is 12.8. The topological polar surface area (TPSA) is 140 Å². The quantitative estimate of drug-likeness (QED) is 0.285. The Kier molecular flexibility index (Phi) is 7.57. The first-order valence-electron chi connectivity index (χ1n) is 10.2. The number of amides is 2. The van der Waals surface area contributed by atoms with Gasteiger partial charge in [-0.15, -0.1) is 16.9 Å². The minimum atomic E-state index is -1.16. The van der Waals surface area contributed by atoms with Gasteiger partial charge in [-0.05, 0) is 33.2 Å². The standard InChI is InChI=1S/C20H20N6O5S2.Na.H/c1-25-20(22-23-24-25)33-9-12-8-32-18-15(17(28)26(18)16(12)19(29)30)21-14(27)7-10-2-3-13-11(6-10)4-5-31-13;;/h2-3,6,15,18H,4-5,7-9H2,1H3,(H,21,27)(H,29,30);;. The normalized spacial score (nSPS) is 20.6. The number of aliphatic carboxylic acids is 1. The number of tetrazole rings is 1. The Hall–Kier alpha value is -2.06. The van der Waals surface area contributed by atoms with Gasteiger partial charge in [0.1, 0.15) is 22.9 Å². The van der Waals surface area contributed by atoms with Crippen LogP contribution < -0.4 is 10.1 Å². The minimum absolute atomic E-state index is 0. The van der Waals surface area contributed by atoms with Crippen LogP contribution in [0.2, 0.25) is 0 Å². The van der Waals surface area contributed by atoms with Gasteiger partial charge in [0.25, 0.3) is 5.91 Å². The second-order valence-electron chi connectivity index (χ2n) is 7.80. The molecule has 1 saturated heterocycles. The molecule has 5 rings (SSSR count). The van der Waals surface area contributed by atoms with Gasteiger partial charge in [0.15, 0.2) is 0 Å². The number of fused-ring (bicyclic) bond motifs is 2. The molecule has 1 aromatic carbocycles. The first kappa shape index (κ1) is 25.0. The number of carboxylic acids is 1. The molecule has 2 N–H and O–H groups in total. The second-order valence-corrected chi connectivity index (χ2v) is 9.85. The van der Waals surface area contributed by atoms with Crippen molar-refractivity contribution in [2.24, 2.45) is 7.05 Å². The molecule has 34 heavy (non-hydrogen) atoms. The summed E-state index contributed by atoms with van der Waals surface area (Å²) < 4.78 is 6.99. The van der Waals surface area contributed by atoms with Crippen LogP contribution in [-0.4, -0.2) is 107 Å². The van der Waals surface area contributed by atoms with E-state index in [9.17, 15) is 19.5 Å². The number of benzene rings is 1. The van der Waals surface area contributed by atoms with Gasteiger partial charge >= 0.3 is 35.5 Å². The van der Waals surface area contributed by atoms with Gasteiger partial charge in [0, 0.05) is 25.0 Å². The third-order valence-electron chi connectivity index (χ3n) is 5.64. The molecule has 11 nitrogen and oxygen atoms in total. The Balaban J connectivity index is 0.00000274. The molecule has 3 aliphatic rings. The summed E-state index contributed by atoms with van der Waals surface area (Å²) in [5.41, 5.74) is 2.53. The summed E-state index contributed by atoms with van der Waals surface area (Å²) in [6.45, 7) is 0.645. The van der Waals surface area contributed by atoms with Gasteiger partial charge in [-0.3, -0.25) is 14.5 Å². The third-order valence-corrected chi connectivity index (χ3v) is 8.08. The Morgan fingerprint density at radius 2 is 2.21 bits per heavy atom. The van der Waals surface area contributed by atoms with Gasteiger partial charge < -0.3 is 15.2 Å². The summed E-state index contributed by atoms with van der Waals surface area (Å²) in [4.78, 5) is 38.7. The van der Waals surface area contributed by atoms with Gasteiger partial charge in [-0.25, -0.2) is 9.48 Å². The first-order valence-corrected chi connectivity index (χ1v) is 12.2. The van der Waals surface area contributed by atoms with Crippen molar-refractivity contribution in [3.63, 3.8) is 0 Å². The molecule has 0 radical (unpaired) electrons. The monoisotopic (exact) mass is 512 g/mol. The average molecular weight is 513 g/mol. The first-order chi connectivity index (χ1) is 15.9. The zero-order valence-electron chi connectivity index (χ0n) is 17.6. The molecule has 1 aromatic heterocycles. The fourth-order valence-corrected chi connectivity index (χ4v) is 6.38. The Bertz CT molecular complexity index is 1190. The van der Waals surface area contributed by atoms with Crippen LogP contribution in [0, 0.1) is 0 Å². The van der Waals surface area contributed by atoms with Crippen molar-refractivity contribution in [2.45, 2.75) is 29.4 Å². The van der Waals surface area contributed by atoms with E-state index in [-0.39, 0.29) is 47.6 Å². The number of aryl methyl sites for hydroxylation is 1. The molecule has 0 saturated carbocycles. The summed E-state index contributed by atoms with van der Waals surface area (Å²) in [7, 11) is 1.70. The number of nitrogens with zero attached hydrogens (tertiary/aromatic N) is 5. The Morgan fingerprint density at radius 1 is 1.38 bits per heavy atom. The molecule has 2 unspecified atom stereocenters. The zero-order valence-corrected chi connectivity index (χ0v) is 19.2. The van der Waals surface area contributed by atoms with E-state index in [1.54, 1.807) is 7.05 Å². The number of ether oxygens (including phenoxy) is 1. The number of thioether (sulfide) groups is 2. The number of rotatable bonds is 7. The molecule has 1 fully saturated rings.